The summed E-state index contributed by atoms with van der Waals surface area (Å²) in [6.45, 7) is 7.61. The number of rotatable bonds is 4. The first kappa shape index (κ1) is 18.7. The lowest BCUT2D eigenvalue weighted by Crippen LogP contribution is -2.41. The number of aromatic nitrogens is 1. The lowest BCUT2D eigenvalue weighted by atomic mass is 9.86. The van der Waals surface area contributed by atoms with Crippen molar-refractivity contribution in [2.75, 3.05) is 6.61 Å². The molecule has 2 rings (SSSR count). The minimum Gasteiger partial charge on any atom is -0.398 e. The Hall–Kier alpha value is -1.68. The fourth-order valence-corrected chi connectivity index (χ4v) is 2.12. The third-order valence-electron chi connectivity index (χ3n) is 4.28. The molecule has 1 fully saturated rings. The van der Waals surface area contributed by atoms with Crippen LogP contribution in [-0.2, 0) is 9.31 Å². The lowest BCUT2D eigenvalue weighted by molar-refractivity contribution is 0.00578. The van der Waals surface area contributed by atoms with Crippen LogP contribution in [0.4, 0.5) is 4.39 Å². The highest BCUT2D eigenvalue weighted by atomic mass is 19.1. The summed E-state index contributed by atoms with van der Waals surface area (Å²) in [7, 11) is -1.04. The molecule has 0 saturated carbocycles. The van der Waals surface area contributed by atoms with E-state index in [0.29, 0.717) is 24.1 Å². The molecule has 2 heterocycles. The number of aliphatic hydroxyl groups excluding tert-OH is 1. The van der Waals surface area contributed by atoms with Gasteiger partial charge in [0.05, 0.1) is 11.2 Å². The van der Waals surface area contributed by atoms with Crippen LogP contribution in [0.1, 0.15) is 51.8 Å². The maximum absolute atomic E-state index is 14.6. The molecule has 0 radical (unpaired) electrons. The van der Waals surface area contributed by atoms with Crippen molar-refractivity contribution in [3.05, 3.63) is 35.3 Å². The summed E-state index contributed by atoms with van der Waals surface area (Å²) in [5, 5.41) is 8.77. The average Bonchev–Trinajstić information content (AvgIpc) is 2.73. The number of aliphatic hydroxyl groups is 1. The van der Waals surface area contributed by atoms with E-state index in [1.165, 1.54) is 6.08 Å². The number of hydrogen-bond acceptors (Lipinski definition) is 4. The molecule has 24 heavy (non-hydrogen) atoms. The van der Waals surface area contributed by atoms with Crippen LogP contribution >= 0.6 is 0 Å². The van der Waals surface area contributed by atoms with E-state index < -0.39 is 24.0 Å². The first-order valence-corrected chi connectivity index (χ1v) is 8.04. The summed E-state index contributed by atoms with van der Waals surface area (Å²) in [6, 6.07) is 3.47. The smallest absolute Gasteiger partial charge is 0.398 e. The fraction of sp³-hybridized carbons (Fsp3) is 0.500. The van der Waals surface area contributed by atoms with E-state index in [4.69, 9.17) is 14.4 Å². The zero-order valence-electron chi connectivity index (χ0n) is 14.6. The summed E-state index contributed by atoms with van der Waals surface area (Å²) in [4.78, 5) is 4.18. The highest BCUT2D eigenvalue weighted by Gasteiger charge is 2.53. The van der Waals surface area contributed by atoms with Crippen LogP contribution < -0.4 is 0 Å². The second-order valence-electron chi connectivity index (χ2n) is 6.69. The molecule has 4 nitrogen and oxygen atoms in total. The number of halogens is 1. The van der Waals surface area contributed by atoms with Gasteiger partial charge >= 0.3 is 7.12 Å². The van der Waals surface area contributed by atoms with Crippen LogP contribution in [-0.4, -0.2) is 35.0 Å². The van der Waals surface area contributed by atoms with E-state index in [2.05, 4.69) is 16.8 Å². The molecule has 1 aliphatic rings. The summed E-state index contributed by atoms with van der Waals surface area (Å²) < 4.78 is 26.0. The quantitative estimate of drug-likeness (QED) is 0.523. The molecule has 0 bridgehead atoms. The summed E-state index contributed by atoms with van der Waals surface area (Å²) >= 11 is 0. The van der Waals surface area contributed by atoms with E-state index in [1.807, 2.05) is 27.7 Å². The average molecular weight is 331 g/mol. The maximum Gasteiger partial charge on any atom is 0.525 e. The van der Waals surface area contributed by atoms with Gasteiger partial charge < -0.3 is 14.4 Å². The van der Waals surface area contributed by atoms with Gasteiger partial charge in [-0.25, -0.2) is 9.37 Å². The van der Waals surface area contributed by atoms with Gasteiger partial charge in [0, 0.05) is 24.8 Å². The SMILES string of the molecule is CC1(C)OB(C(F)=Cc2cccnc2C#CCCCO)OC1(C)C. The van der Waals surface area contributed by atoms with Crippen LogP contribution in [0.2, 0.25) is 0 Å². The van der Waals surface area contributed by atoms with Gasteiger partial charge in [-0.2, -0.15) is 0 Å². The summed E-state index contributed by atoms with van der Waals surface area (Å²) in [5.41, 5.74) is -0.640. The Bertz CT molecular complexity index is 660. The van der Waals surface area contributed by atoms with E-state index in [1.54, 1.807) is 18.3 Å². The Morgan fingerprint density at radius 3 is 2.62 bits per heavy atom. The van der Waals surface area contributed by atoms with Crippen LogP contribution in [0.3, 0.4) is 0 Å². The van der Waals surface area contributed by atoms with Crippen molar-refractivity contribution in [2.45, 2.75) is 51.7 Å². The molecule has 0 aliphatic carbocycles. The van der Waals surface area contributed by atoms with Gasteiger partial charge in [-0.15, -0.1) is 0 Å². The molecule has 6 heteroatoms. The number of hydrogen-bond donors (Lipinski definition) is 1. The maximum atomic E-state index is 14.6. The molecule has 0 atom stereocenters. The summed E-state index contributed by atoms with van der Waals surface area (Å²) in [5.74, 6) is 5.84. The molecule has 128 valence electrons. The van der Waals surface area contributed by atoms with Crippen LogP contribution in [0.5, 0.6) is 0 Å². The topological polar surface area (TPSA) is 51.6 Å². The normalized spacial score (nSPS) is 19.1. The molecule has 1 saturated heterocycles. The number of unbranched alkanes of at least 4 members (excludes halogenated alkanes) is 1. The third kappa shape index (κ3) is 4.24. The summed E-state index contributed by atoms with van der Waals surface area (Å²) in [6.07, 6.45) is 4.13. The van der Waals surface area contributed by atoms with Crippen molar-refractivity contribution < 1.29 is 18.8 Å². The van der Waals surface area contributed by atoms with Gasteiger partial charge in [0.25, 0.3) is 0 Å². The molecule has 0 aromatic carbocycles. The van der Waals surface area contributed by atoms with Crippen molar-refractivity contribution >= 4 is 13.2 Å². The Balaban J connectivity index is 2.20. The predicted molar refractivity (Wildman–Crippen MR) is 92.6 cm³/mol. The molecule has 0 amide bonds. The number of nitrogens with zero attached hydrogens (tertiary/aromatic N) is 1. The largest absolute Gasteiger partial charge is 0.525 e. The van der Waals surface area contributed by atoms with Crippen molar-refractivity contribution in [2.24, 2.45) is 0 Å². The van der Waals surface area contributed by atoms with Crippen LogP contribution in [0, 0.1) is 11.8 Å². The molecule has 1 aromatic rings. The molecule has 0 spiro atoms. The second-order valence-corrected chi connectivity index (χ2v) is 6.69. The minimum atomic E-state index is -1.04. The van der Waals surface area contributed by atoms with Crippen molar-refractivity contribution in [3.8, 4) is 11.8 Å². The monoisotopic (exact) mass is 331 g/mol. The molecule has 1 aliphatic heterocycles. The lowest BCUT2D eigenvalue weighted by Gasteiger charge is -2.32. The van der Waals surface area contributed by atoms with Gasteiger partial charge in [0.1, 0.15) is 11.4 Å². The molecular formula is C18H23BFNO3. The Morgan fingerprint density at radius 1 is 1.33 bits per heavy atom. The van der Waals surface area contributed by atoms with Crippen LogP contribution in [0.25, 0.3) is 6.08 Å². The first-order chi connectivity index (χ1) is 11.3. The minimum absolute atomic E-state index is 0.0974. The van der Waals surface area contributed by atoms with Gasteiger partial charge in [0.2, 0.25) is 0 Å². The van der Waals surface area contributed by atoms with Gasteiger partial charge in [-0.05, 0) is 52.2 Å². The van der Waals surface area contributed by atoms with Crippen molar-refractivity contribution in [1.82, 2.24) is 4.98 Å². The fourth-order valence-electron chi connectivity index (χ4n) is 2.12. The number of pyridine rings is 1. The van der Waals surface area contributed by atoms with Crippen LogP contribution in [0.15, 0.2) is 24.1 Å². The highest BCUT2D eigenvalue weighted by molar-refractivity contribution is 6.54. The highest BCUT2D eigenvalue weighted by Crippen LogP contribution is 2.39. The van der Waals surface area contributed by atoms with E-state index in [9.17, 15) is 4.39 Å². The van der Waals surface area contributed by atoms with Gasteiger partial charge in [-0.1, -0.05) is 12.0 Å². The van der Waals surface area contributed by atoms with Crippen molar-refractivity contribution in [1.29, 1.82) is 0 Å². The third-order valence-corrected chi connectivity index (χ3v) is 4.28. The molecular weight excluding hydrogens is 308 g/mol. The standard InChI is InChI=1S/C18H23BFNO3/c1-17(2)18(3,4)24-19(23-17)16(20)13-14-9-8-11-21-15(14)10-6-5-7-12-22/h8-9,11,13,22H,5,7,12H2,1-4H3. The Labute approximate surface area is 143 Å². The Kier molecular flexibility index (Phi) is 5.81. The van der Waals surface area contributed by atoms with Gasteiger partial charge in [-0.3, -0.25) is 0 Å². The molecule has 1 N–H and O–H groups in total. The van der Waals surface area contributed by atoms with Gasteiger partial charge in [0.15, 0.2) is 0 Å². The zero-order valence-corrected chi connectivity index (χ0v) is 14.6. The van der Waals surface area contributed by atoms with E-state index in [0.717, 1.165) is 0 Å². The van der Waals surface area contributed by atoms with E-state index in [-0.39, 0.29) is 6.61 Å². The predicted octanol–water partition coefficient (Wildman–Crippen LogP) is 3.15. The Morgan fingerprint density at radius 2 is 2.00 bits per heavy atom. The second kappa shape index (κ2) is 7.48. The zero-order chi connectivity index (χ0) is 17.8. The van der Waals surface area contributed by atoms with Crippen molar-refractivity contribution in [3.63, 3.8) is 0 Å². The molecule has 0 unspecified atom stereocenters. The van der Waals surface area contributed by atoms with E-state index >= 15 is 0 Å². The first-order valence-electron chi connectivity index (χ1n) is 8.04. The molecule has 1 aromatic heterocycles.